The van der Waals surface area contributed by atoms with Crippen LogP contribution in [0.3, 0.4) is 0 Å². The topological polar surface area (TPSA) is 131 Å². The van der Waals surface area contributed by atoms with Gasteiger partial charge in [-0.15, -0.1) is 10.2 Å². The average Bonchev–Trinajstić information content (AvgIpc) is 2.85. The lowest BCUT2D eigenvalue weighted by atomic mass is 10.2. The molecule has 9 nitrogen and oxygen atoms in total. The Morgan fingerprint density at radius 3 is 2.60 bits per heavy atom. The molecule has 0 saturated heterocycles. The van der Waals surface area contributed by atoms with Crippen LogP contribution in [0.15, 0.2) is 0 Å². The molecule has 1 heterocycles. The fraction of sp³-hybridized carbons (Fsp3) is 0.500. The molecule has 0 fully saturated rings. The third kappa shape index (κ3) is 4.80. The minimum atomic E-state index is -1.37. The lowest BCUT2D eigenvalue weighted by Gasteiger charge is -2.12. The van der Waals surface area contributed by atoms with E-state index >= 15 is 0 Å². The zero-order valence-electron chi connectivity index (χ0n) is 10.9. The Morgan fingerprint density at radius 1 is 1.40 bits per heavy atom. The first-order chi connectivity index (χ1) is 9.46. The van der Waals surface area contributed by atoms with Gasteiger partial charge in [0.2, 0.25) is 5.13 Å². The van der Waals surface area contributed by atoms with Crippen molar-refractivity contribution in [2.45, 2.75) is 25.8 Å². The summed E-state index contributed by atoms with van der Waals surface area (Å²) in [5.41, 5.74) is 0. The highest BCUT2D eigenvalue weighted by Crippen LogP contribution is 2.15. The van der Waals surface area contributed by atoms with E-state index < -0.39 is 30.4 Å². The lowest BCUT2D eigenvalue weighted by molar-refractivity contribution is -0.147. The van der Waals surface area contributed by atoms with Gasteiger partial charge in [-0.05, 0) is 6.42 Å². The molecule has 20 heavy (non-hydrogen) atoms. The van der Waals surface area contributed by atoms with Crippen LogP contribution < -0.4 is 10.6 Å². The van der Waals surface area contributed by atoms with E-state index in [9.17, 15) is 14.4 Å². The van der Waals surface area contributed by atoms with Crippen molar-refractivity contribution in [3.05, 3.63) is 5.01 Å². The van der Waals surface area contributed by atoms with Gasteiger partial charge in [-0.3, -0.25) is 10.1 Å². The van der Waals surface area contributed by atoms with Crippen molar-refractivity contribution < 1.29 is 24.2 Å². The number of carboxylic acid groups (broad SMARTS) is 1. The maximum atomic E-state index is 11.6. The second-order valence-electron chi connectivity index (χ2n) is 3.62. The molecule has 0 bridgehead atoms. The zero-order valence-corrected chi connectivity index (χ0v) is 11.7. The lowest BCUT2D eigenvalue weighted by Crippen LogP contribution is -2.44. The number of rotatable bonds is 6. The number of carbonyl (C=O) groups is 3. The number of amides is 2. The van der Waals surface area contributed by atoms with Crippen LogP contribution >= 0.6 is 11.3 Å². The smallest absolute Gasteiger partial charge is 0.326 e. The van der Waals surface area contributed by atoms with Gasteiger partial charge in [0.1, 0.15) is 11.0 Å². The summed E-state index contributed by atoms with van der Waals surface area (Å²) in [6.45, 7) is 1.89. The van der Waals surface area contributed by atoms with Crippen molar-refractivity contribution in [2.75, 3.05) is 12.4 Å². The Hall–Kier alpha value is -2.23. The number of nitrogens with one attached hydrogen (secondary N) is 2. The Balaban J connectivity index is 2.57. The number of methoxy groups -OCH3 is 1. The third-order valence-corrected chi connectivity index (χ3v) is 3.17. The van der Waals surface area contributed by atoms with E-state index in [2.05, 4.69) is 25.6 Å². The van der Waals surface area contributed by atoms with E-state index in [-0.39, 0.29) is 5.13 Å². The van der Waals surface area contributed by atoms with Crippen molar-refractivity contribution in [3.8, 4) is 0 Å². The van der Waals surface area contributed by atoms with E-state index in [1.54, 1.807) is 0 Å². The summed E-state index contributed by atoms with van der Waals surface area (Å²) in [6, 6.07) is -2.15. The molecule has 0 aliphatic carbocycles. The molecular formula is C10H14N4O5S. The average molecular weight is 302 g/mol. The second-order valence-corrected chi connectivity index (χ2v) is 4.69. The monoisotopic (exact) mass is 302 g/mol. The van der Waals surface area contributed by atoms with Gasteiger partial charge in [0.25, 0.3) is 0 Å². The standard InChI is InChI=1S/C10H14N4O5S/c1-3-6-13-14-10(20-6)12-9(18)11-5(8(16)17)4-7(15)19-2/h5H,3-4H2,1-2H3,(H,16,17)(H2,11,12,14,18)/t5-/m0/s1. The van der Waals surface area contributed by atoms with Crippen molar-refractivity contribution in [3.63, 3.8) is 0 Å². The highest BCUT2D eigenvalue weighted by atomic mass is 32.1. The number of carboxylic acids is 1. The molecule has 110 valence electrons. The van der Waals surface area contributed by atoms with Crippen LogP contribution in [0.25, 0.3) is 0 Å². The minimum absolute atomic E-state index is 0.251. The van der Waals surface area contributed by atoms with Crippen molar-refractivity contribution in [1.29, 1.82) is 0 Å². The Kier molecular flexibility index (Phi) is 5.84. The molecule has 1 atom stereocenters. The summed E-state index contributed by atoms with van der Waals surface area (Å²) in [5.74, 6) is -2.07. The zero-order chi connectivity index (χ0) is 15.1. The summed E-state index contributed by atoms with van der Waals surface area (Å²) in [4.78, 5) is 33.5. The molecule has 3 N–H and O–H groups in total. The minimum Gasteiger partial charge on any atom is -0.480 e. The van der Waals surface area contributed by atoms with Crippen LogP contribution in [0.4, 0.5) is 9.93 Å². The summed E-state index contributed by atoms with van der Waals surface area (Å²) in [7, 11) is 1.13. The van der Waals surface area contributed by atoms with Gasteiger partial charge < -0.3 is 15.2 Å². The van der Waals surface area contributed by atoms with Gasteiger partial charge in [-0.2, -0.15) is 0 Å². The third-order valence-electron chi connectivity index (χ3n) is 2.19. The molecule has 0 saturated carbocycles. The van der Waals surface area contributed by atoms with E-state index in [4.69, 9.17) is 5.11 Å². The number of esters is 1. The van der Waals surface area contributed by atoms with Gasteiger partial charge in [0, 0.05) is 0 Å². The largest absolute Gasteiger partial charge is 0.480 e. The number of carbonyl (C=O) groups excluding carboxylic acids is 2. The van der Waals surface area contributed by atoms with E-state index in [1.165, 1.54) is 11.3 Å². The number of urea groups is 1. The number of hydrogen-bond donors (Lipinski definition) is 3. The number of ether oxygens (including phenoxy) is 1. The van der Waals surface area contributed by atoms with Gasteiger partial charge in [-0.25, -0.2) is 9.59 Å². The highest BCUT2D eigenvalue weighted by molar-refractivity contribution is 7.15. The molecular weight excluding hydrogens is 288 g/mol. The number of nitrogens with zero attached hydrogens (tertiary/aromatic N) is 2. The van der Waals surface area contributed by atoms with Gasteiger partial charge in [0.15, 0.2) is 0 Å². The summed E-state index contributed by atoms with van der Waals surface area (Å²) in [6.07, 6.45) is 0.219. The first kappa shape index (κ1) is 15.8. The quantitative estimate of drug-likeness (QED) is 0.641. The van der Waals surface area contributed by atoms with E-state index in [0.29, 0.717) is 6.42 Å². The Morgan fingerprint density at radius 2 is 2.10 bits per heavy atom. The molecule has 10 heteroatoms. The van der Waals surface area contributed by atoms with E-state index in [1.807, 2.05) is 6.92 Å². The van der Waals surface area contributed by atoms with Crippen LogP contribution in [0.5, 0.6) is 0 Å². The normalized spacial score (nSPS) is 11.5. The number of anilines is 1. The first-order valence-corrected chi connectivity index (χ1v) is 6.47. The molecule has 0 unspecified atom stereocenters. The molecule has 0 aliphatic rings. The van der Waals surface area contributed by atoms with Crippen LogP contribution in [0.2, 0.25) is 0 Å². The molecule has 1 aromatic rings. The van der Waals surface area contributed by atoms with Crippen LogP contribution in [0, 0.1) is 0 Å². The summed E-state index contributed by atoms with van der Waals surface area (Å²) >= 11 is 1.18. The molecule has 2 amide bonds. The fourth-order valence-electron chi connectivity index (χ4n) is 1.19. The fourth-order valence-corrected chi connectivity index (χ4v) is 1.86. The van der Waals surface area contributed by atoms with Crippen molar-refractivity contribution >= 4 is 34.4 Å². The molecule has 0 aromatic carbocycles. The van der Waals surface area contributed by atoms with Crippen molar-refractivity contribution in [2.24, 2.45) is 0 Å². The molecule has 1 rings (SSSR count). The predicted molar refractivity (Wildman–Crippen MR) is 69.5 cm³/mol. The van der Waals surface area contributed by atoms with E-state index in [0.717, 1.165) is 12.1 Å². The molecule has 1 aromatic heterocycles. The maximum Gasteiger partial charge on any atom is 0.326 e. The molecule has 0 spiro atoms. The maximum absolute atomic E-state index is 11.6. The molecule has 0 radical (unpaired) electrons. The Bertz CT molecular complexity index is 504. The van der Waals surface area contributed by atoms with Gasteiger partial charge in [-0.1, -0.05) is 18.3 Å². The first-order valence-electron chi connectivity index (χ1n) is 5.65. The predicted octanol–water partition coefficient (Wildman–Crippen LogP) is 0.238. The van der Waals surface area contributed by atoms with Crippen molar-refractivity contribution in [1.82, 2.24) is 15.5 Å². The SMILES string of the molecule is CCc1nnc(NC(=O)N[C@@H](CC(=O)OC)C(=O)O)s1. The van der Waals surface area contributed by atoms with Crippen LogP contribution in [0.1, 0.15) is 18.4 Å². The number of hydrogen-bond acceptors (Lipinski definition) is 7. The highest BCUT2D eigenvalue weighted by Gasteiger charge is 2.24. The number of aryl methyl sites for hydroxylation is 1. The second kappa shape index (κ2) is 7.38. The Labute approximate surface area is 118 Å². The molecule has 0 aliphatic heterocycles. The summed E-state index contributed by atoms with van der Waals surface area (Å²) < 4.78 is 4.35. The van der Waals surface area contributed by atoms with Gasteiger partial charge in [0.05, 0.1) is 13.5 Å². The van der Waals surface area contributed by atoms with Crippen LogP contribution in [-0.2, 0) is 20.7 Å². The van der Waals surface area contributed by atoms with Crippen LogP contribution in [-0.4, -0.2) is 46.4 Å². The summed E-state index contributed by atoms with van der Waals surface area (Å²) in [5, 5.41) is 21.9. The number of aliphatic carboxylic acids is 1. The number of aromatic nitrogens is 2. The van der Waals surface area contributed by atoms with Gasteiger partial charge >= 0.3 is 18.0 Å².